The molecule has 2 heterocycles. The maximum Gasteiger partial charge on any atom is 0.416 e. The van der Waals surface area contributed by atoms with Crippen molar-refractivity contribution in [1.29, 1.82) is 0 Å². The largest absolute Gasteiger partial charge is 0.416 e. The van der Waals surface area contributed by atoms with Crippen molar-refractivity contribution in [2.75, 3.05) is 11.1 Å². The molecule has 0 spiro atoms. The molecule has 3 rings (SSSR count). The highest BCUT2D eigenvalue weighted by Gasteiger charge is 2.33. The highest BCUT2D eigenvalue weighted by molar-refractivity contribution is 7.99. The number of nitrogens with one attached hydrogen (secondary N) is 2. The second-order valence-corrected chi connectivity index (χ2v) is 6.67. The third-order valence-corrected chi connectivity index (χ3v) is 4.78. The fourth-order valence-electron chi connectivity index (χ4n) is 2.75. The monoisotopic (exact) mass is 381 g/mol. The van der Waals surface area contributed by atoms with E-state index in [9.17, 15) is 22.8 Å². The van der Waals surface area contributed by atoms with E-state index in [2.05, 4.69) is 21.9 Å². The van der Waals surface area contributed by atoms with Crippen LogP contribution in [0.25, 0.3) is 0 Å². The van der Waals surface area contributed by atoms with Crippen LogP contribution in [-0.2, 0) is 11.0 Å². The number of carbonyl (C=O) groups excluding carboxylic acids is 1. The maximum atomic E-state index is 12.7. The van der Waals surface area contributed by atoms with E-state index in [1.165, 1.54) is 23.9 Å². The van der Waals surface area contributed by atoms with Gasteiger partial charge in [0.1, 0.15) is 5.82 Å². The van der Waals surface area contributed by atoms with Gasteiger partial charge in [0, 0.05) is 18.1 Å². The van der Waals surface area contributed by atoms with Gasteiger partial charge in [-0.15, -0.1) is 6.58 Å². The van der Waals surface area contributed by atoms with Crippen LogP contribution in [-0.4, -0.2) is 21.6 Å². The molecule has 1 atom stereocenters. The number of benzene rings is 1. The Morgan fingerprint density at radius 3 is 2.58 bits per heavy atom. The van der Waals surface area contributed by atoms with E-state index >= 15 is 0 Å². The van der Waals surface area contributed by atoms with Crippen LogP contribution >= 0.6 is 11.8 Å². The van der Waals surface area contributed by atoms with E-state index < -0.39 is 23.2 Å². The fourth-order valence-corrected chi connectivity index (χ4v) is 3.34. The lowest BCUT2D eigenvalue weighted by Crippen LogP contribution is -2.31. The van der Waals surface area contributed by atoms with Crippen molar-refractivity contribution in [3.05, 3.63) is 64.0 Å². The summed E-state index contributed by atoms with van der Waals surface area (Å²) in [6.07, 6.45) is -2.84. The summed E-state index contributed by atoms with van der Waals surface area (Å²) in [7, 11) is 0. The van der Waals surface area contributed by atoms with Gasteiger partial charge in [-0.25, -0.2) is 4.98 Å². The first-order valence-corrected chi connectivity index (χ1v) is 8.63. The molecule has 0 aliphatic carbocycles. The average Bonchev–Trinajstić information content (AvgIpc) is 2.58. The Kier molecular flexibility index (Phi) is 4.90. The van der Waals surface area contributed by atoms with Crippen LogP contribution in [0.15, 0.2) is 46.9 Å². The Bertz CT molecular complexity index is 907. The minimum Gasteiger partial charge on any atom is -0.310 e. The Morgan fingerprint density at radius 1 is 1.27 bits per heavy atom. The molecule has 0 saturated carbocycles. The first-order valence-electron chi connectivity index (χ1n) is 7.64. The van der Waals surface area contributed by atoms with Crippen LogP contribution in [0.4, 0.5) is 19.0 Å². The third-order valence-electron chi connectivity index (χ3n) is 3.91. The lowest BCUT2D eigenvalue weighted by molar-refractivity contribution is -0.137. The molecule has 0 radical (unpaired) electrons. The molecule has 1 amide bonds. The summed E-state index contributed by atoms with van der Waals surface area (Å²) in [5, 5.41) is 2.90. The van der Waals surface area contributed by atoms with Crippen molar-refractivity contribution in [2.24, 2.45) is 0 Å². The fraction of sp³-hybridized carbons (Fsp3) is 0.235. The van der Waals surface area contributed by atoms with Gasteiger partial charge in [-0.05, 0) is 17.7 Å². The molecule has 2 aromatic rings. The quantitative estimate of drug-likeness (QED) is 0.483. The predicted octanol–water partition coefficient (Wildman–Crippen LogP) is 3.54. The van der Waals surface area contributed by atoms with Gasteiger partial charge in [-0.3, -0.25) is 9.59 Å². The molecular formula is C17H14F3N3O2S. The lowest BCUT2D eigenvalue weighted by atomic mass is 9.86. The smallest absolute Gasteiger partial charge is 0.310 e. The second kappa shape index (κ2) is 6.99. The lowest BCUT2D eigenvalue weighted by Gasteiger charge is -2.24. The summed E-state index contributed by atoms with van der Waals surface area (Å²) in [4.78, 5) is 31.4. The zero-order valence-electron chi connectivity index (χ0n) is 13.4. The highest BCUT2D eigenvalue weighted by atomic mass is 32.2. The summed E-state index contributed by atoms with van der Waals surface area (Å²) in [6.45, 7) is 3.58. The van der Waals surface area contributed by atoms with Gasteiger partial charge in [0.25, 0.3) is 5.56 Å². The molecule has 9 heteroatoms. The number of fused-ring (bicyclic) bond motifs is 1. The van der Waals surface area contributed by atoms with Crippen LogP contribution in [0.2, 0.25) is 0 Å². The van der Waals surface area contributed by atoms with Crippen molar-refractivity contribution in [1.82, 2.24) is 9.97 Å². The molecular weight excluding hydrogens is 367 g/mol. The van der Waals surface area contributed by atoms with E-state index in [1.807, 2.05) is 0 Å². The zero-order valence-corrected chi connectivity index (χ0v) is 14.2. The Hall–Kier alpha value is -2.55. The van der Waals surface area contributed by atoms with Crippen LogP contribution < -0.4 is 10.9 Å². The molecule has 136 valence electrons. The molecule has 2 N–H and O–H groups in total. The minimum absolute atomic E-state index is 0.0394. The number of alkyl halides is 3. The van der Waals surface area contributed by atoms with E-state index in [-0.39, 0.29) is 23.7 Å². The van der Waals surface area contributed by atoms with Gasteiger partial charge >= 0.3 is 6.18 Å². The van der Waals surface area contributed by atoms with Gasteiger partial charge < -0.3 is 10.3 Å². The molecule has 0 unspecified atom stereocenters. The van der Waals surface area contributed by atoms with Gasteiger partial charge in [0.15, 0.2) is 5.16 Å². The van der Waals surface area contributed by atoms with Crippen molar-refractivity contribution in [3.63, 3.8) is 0 Å². The number of nitrogens with zero attached hydrogens (tertiary/aromatic N) is 1. The van der Waals surface area contributed by atoms with Crippen molar-refractivity contribution in [3.8, 4) is 0 Å². The molecule has 1 aliphatic rings. The number of anilines is 1. The van der Waals surface area contributed by atoms with Crippen LogP contribution in [0.1, 0.15) is 29.0 Å². The summed E-state index contributed by atoms with van der Waals surface area (Å²) < 4.78 is 38.2. The molecule has 0 saturated heterocycles. The number of aromatic nitrogens is 2. The molecule has 1 aromatic carbocycles. The van der Waals surface area contributed by atoms with Crippen LogP contribution in [0.3, 0.4) is 0 Å². The number of amides is 1. The standard InChI is InChI=1S/C17H14F3N3O2S/c1-2-7-26-16-22-14-13(15(25)23-16)11(8-12(24)21-14)9-3-5-10(6-4-9)17(18,19)20/h2-6,11H,1,7-8H2,(H2,21,22,23,24,25)/t11-/m0/s1. The number of rotatable bonds is 4. The van der Waals surface area contributed by atoms with Crippen LogP contribution in [0.5, 0.6) is 0 Å². The van der Waals surface area contributed by atoms with Gasteiger partial charge in [0.2, 0.25) is 5.91 Å². The molecule has 26 heavy (non-hydrogen) atoms. The number of halogens is 3. The van der Waals surface area contributed by atoms with E-state index in [0.29, 0.717) is 16.5 Å². The minimum atomic E-state index is -4.45. The molecule has 0 fully saturated rings. The van der Waals surface area contributed by atoms with Gasteiger partial charge in [-0.1, -0.05) is 30.0 Å². The summed E-state index contributed by atoms with van der Waals surface area (Å²) >= 11 is 1.25. The SMILES string of the molecule is C=CCSc1nc2c(c(=O)[nH]1)[C@H](c1ccc(C(F)(F)F)cc1)CC(=O)N2. The van der Waals surface area contributed by atoms with Crippen molar-refractivity contribution < 1.29 is 18.0 Å². The average molecular weight is 381 g/mol. The number of aromatic amines is 1. The summed E-state index contributed by atoms with van der Waals surface area (Å²) in [6, 6.07) is 4.46. The predicted molar refractivity (Wildman–Crippen MR) is 92.3 cm³/mol. The number of carbonyl (C=O) groups is 1. The number of H-pyrrole nitrogens is 1. The Balaban J connectivity index is 2.02. The second-order valence-electron chi connectivity index (χ2n) is 5.66. The van der Waals surface area contributed by atoms with E-state index in [4.69, 9.17) is 0 Å². The van der Waals surface area contributed by atoms with Crippen LogP contribution in [0, 0.1) is 0 Å². The first-order chi connectivity index (χ1) is 12.3. The van der Waals surface area contributed by atoms with Gasteiger partial charge in [-0.2, -0.15) is 13.2 Å². The number of thioether (sulfide) groups is 1. The third kappa shape index (κ3) is 3.67. The Labute approximate surface area is 150 Å². The molecule has 1 aromatic heterocycles. The highest BCUT2D eigenvalue weighted by Crippen LogP contribution is 2.36. The number of hydrogen-bond acceptors (Lipinski definition) is 4. The normalized spacial score (nSPS) is 16.7. The first kappa shape index (κ1) is 18.2. The Morgan fingerprint density at radius 2 is 1.96 bits per heavy atom. The van der Waals surface area contributed by atoms with Crippen molar-refractivity contribution in [2.45, 2.75) is 23.7 Å². The van der Waals surface area contributed by atoms with Gasteiger partial charge in [0.05, 0.1) is 11.1 Å². The molecule has 5 nitrogen and oxygen atoms in total. The summed E-state index contributed by atoms with van der Waals surface area (Å²) in [5.74, 6) is -0.338. The topological polar surface area (TPSA) is 74.8 Å². The molecule has 0 bridgehead atoms. The zero-order chi connectivity index (χ0) is 18.9. The van der Waals surface area contributed by atoms with E-state index in [0.717, 1.165) is 12.1 Å². The molecule has 1 aliphatic heterocycles. The number of hydrogen-bond donors (Lipinski definition) is 2. The van der Waals surface area contributed by atoms with E-state index in [1.54, 1.807) is 6.08 Å². The maximum absolute atomic E-state index is 12.7. The summed E-state index contributed by atoms with van der Waals surface area (Å²) in [5.41, 5.74) is -0.517. The van der Waals surface area contributed by atoms with Crippen molar-refractivity contribution >= 4 is 23.5 Å².